The van der Waals surface area contributed by atoms with Gasteiger partial charge in [-0.2, -0.15) is 0 Å². The van der Waals surface area contributed by atoms with E-state index < -0.39 is 0 Å². The van der Waals surface area contributed by atoms with Gasteiger partial charge in [0.2, 0.25) is 0 Å². The molecule has 0 fully saturated rings. The summed E-state index contributed by atoms with van der Waals surface area (Å²) in [4.78, 5) is 2.41. The summed E-state index contributed by atoms with van der Waals surface area (Å²) in [5.41, 5.74) is 20.1. The van der Waals surface area contributed by atoms with Crippen LogP contribution in [-0.4, -0.2) is 4.57 Å². The first-order valence-electron chi connectivity index (χ1n) is 21.2. The van der Waals surface area contributed by atoms with E-state index >= 15 is 0 Å². The van der Waals surface area contributed by atoms with Gasteiger partial charge in [-0.15, -0.1) is 0 Å². The summed E-state index contributed by atoms with van der Waals surface area (Å²) in [6, 6.07) is 67.3. The third kappa shape index (κ3) is 5.86. The summed E-state index contributed by atoms with van der Waals surface area (Å²) in [5.74, 6) is 0. The number of hydrogen-bond acceptors (Lipinski definition) is 1. The molecule has 0 spiro atoms. The lowest BCUT2D eigenvalue weighted by atomic mass is 9.82. The molecule has 0 bridgehead atoms. The molecule has 0 atom stereocenters. The van der Waals surface area contributed by atoms with Gasteiger partial charge in [0.15, 0.2) is 0 Å². The molecule has 0 N–H and O–H groups in total. The predicted molar refractivity (Wildman–Crippen MR) is 255 cm³/mol. The van der Waals surface area contributed by atoms with E-state index in [-0.39, 0.29) is 5.41 Å². The Balaban J connectivity index is 1.00. The number of fused-ring (bicyclic) bond motifs is 6. The summed E-state index contributed by atoms with van der Waals surface area (Å²) in [6.45, 7) is 4.71. The highest BCUT2D eigenvalue weighted by Crippen LogP contribution is 2.51. The fourth-order valence-electron chi connectivity index (χ4n) is 10.0. The molecule has 0 unspecified atom stereocenters. The van der Waals surface area contributed by atoms with Gasteiger partial charge in [0, 0.05) is 46.0 Å². The Labute approximate surface area is 353 Å². The largest absolute Gasteiger partial charge is 0.343 e. The summed E-state index contributed by atoms with van der Waals surface area (Å²) in [7, 11) is 2.23. The maximum atomic E-state index is 2.42. The lowest BCUT2D eigenvalue weighted by Crippen LogP contribution is -2.16. The zero-order valence-electron chi connectivity index (χ0n) is 34.4. The van der Waals surface area contributed by atoms with Crippen LogP contribution >= 0.6 is 0 Å². The number of nitrogens with zero attached hydrogens (tertiary/aromatic N) is 2. The van der Waals surface area contributed by atoms with Crippen molar-refractivity contribution in [1.82, 2.24) is 4.57 Å². The first kappa shape index (κ1) is 36.0. The Morgan fingerprint density at radius 3 is 1.82 bits per heavy atom. The van der Waals surface area contributed by atoms with E-state index in [1.807, 2.05) is 0 Å². The highest BCUT2D eigenvalue weighted by molar-refractivity contribution is 6.17. The van der Waals surface area contributed by atoms with Gasteiger partial charge in [-0.05, 0) is 128 Å². The highest BCUT2D eigenvalue weighted by Gasteiger charge is 2.35. The summed E-state index contributed by atoms with van der Waals surface area (Å²) >= 11 is 0. The molecule has 0 aliphatic heterocycles. The second-order valence-corrected chi connectivity index (χ2v) is 16.9. The SMILES string of the molecule is Cn1c(C2=CC=CCC2)c(-c2ccccc2)c2c3ccc(-c4ccc(N(c5ccc(-c6ccccc6)cc5)c5ccc6c(c5)C(C)(C)c5ccccc5-6)cc4)cc3ccc21. The van der Waals surface area contributed by atoms with Gasteiger partial charge in [0.05, 0.1) is 5.69 Å². The van der Waals surface area contributed by atoms with E-state index in [4.69, 9.17) is 0 Å². The molecule has 2 aliphatic rings. The van der Waals surface area contributed by atoms with E-state index in [1.54, 1.807) is 0 Å². The van der Waals surface area contributed by atoms with Crippen molar-refractivity contribution in [3.8, 4) is 44.5 Å². The molecule has 1 aromatic heterocycles. The minimum Gasteiger partial charge on any atom is -0.343 e. The standard InChI is InChI=1S/C58H46N2/c1-58(2)52-22-14-13-21-50(52)51-35-33-48(38-53(51)58)60(46-29-23-40(24-30-46)39-15-7-4-8-16-39)47-31-25-41(26-32-47)44-27-34-49-45(37-44)28-36-54-56(49)55(42-17-9-5-10-18-42)57(59(54)3)43-19-11-6-12-20-43/h4-11,13-19,21-38H,12,20H2,1-3H3. The smallest absolute Gasteiger partial charge is 0.0527 e. The second kappa shape index (κ2) is 14.3. The molecule has 2 nitrogen and oxygen atoms in total. The van der Waals surface area contributed by atoms with Crippen LogP contribution in [0.3, 0.4) is 0 Å². The predicted octanol–water partition coefficient (Wildman–Crippen LogP) is 15.8. The van der Waals surface area contributed by atoms with Crippen molar-refractivity contribution in [2.24, 2.45) is 7.05 Å². The average Bonchev–Trinajstić information content (AvgIpc) is 3.74. The van der Waals surface area contributed by atoms with E-state index in [0.717, 1.165) is 29.9 Å². The zero-order chi connectivity index (χ0) is 40.4. The zero-order valence-corrected chi connectivity index (χ0v) is 34.4. The van der Waals surface area contributed by atoms with E-state index in [2.05, 4.69) is 231 Å². The molecular formula is C58H46N2. The van der Waals surface area contributed by atoms with Crippen LogP contribution in [0.2, 0.25) is 0 Å². The molecule has 1 heterocycles. The summed E-state index contributed by atoms with van der Waals surface area (Å²) < 4.78 is 2.41. The number of benzene rings is 8. The summed E-state index contributed by atoms with van der Waals surface area (Å²) in [5, 5.41) is 3.85. The highest BCUT2D eigenvalue weighted by atomic mass is 15.1. The van der Waals surface area contributed by atoms with Crippen LogP contribution < -0.4 is 4.90 Å². The van der Waals surface area contributed by atoms with Gasteiger partial charge in [-0.3, -0.25) is 0 Å². The van der Waals surface area contributed by atoms with Crippen LogP contribution in [0.1, 0.15) is 43.5 Å². The van der Waals surface area contributed by atoms with E-state index in [9.17, 15) is 0 Å². The van der Waals surface area contributed by atoms with Crippen molar-refractivity contribution in [2.75, 3.05) is 4.90 Å². The molecule has 0 saturated carbocycles. The molecule has 288 valence electrons. The second-order valence-electron chi connectivity index (χ2n) is 16.9. The van der Waals surface area contributed by atoms with Crippen LogP contribution in [0.15, 0.2) is 200 Å². The molecule has 2 aliphatic carbocycles. The molecule has 0 saturated heterocycles. The Morgan fingerprint density at radius 1 is 0.517 bits per heavy atom. The van der Waals surface area contributed by atoms with Gasteiger partial charge in [-0.1, -0.05) is 166 Å². The third-order valence-corrected chi connectivity index (χ3v) is 13.1. The van der Waals surface area contributed by atoms with Crippen molar-refractivity contribution in [1.29, 1.82) is 0 Å². The number of aryl methyl sites for hydroxylation is 1. The van der Waals surface area contributed by atoms with E-state index in [1.165, 1.54) is 88.6 Å². The molecule has 2 heteroatoms. The quantitative estimate of drug-likeness (QED) is 0.157. The van der Waals surface area contributed by atoms with Crippen LogP contribution in [0.5, 0.6) is 0 Å². The van der Waals surface area contributed by atoms with Crippen LogP contribution in [-0.2, 0) is 12.5 Å². The lowest BCUT2D eigenvalue weighted by molar-refractivity contribution is 0.660. The van der Waals surface area contributed by atoms with Crippen molar-refractivity contribution in [3.63, 3.8) is 0 Å². The molecule has 60 heavy (non-hydrogen) atoms. The minimum absolute atomic E-state index is 0.0933. The Bertz CT molecular complexity index is 3140. The van der Waals surface area contributed by atoms with Gasteiger partial charge < -0.3 is 9.47 Å². The molecule has 0 radical (unpaired) electrons. The number of allylic oxidation sites excluding steroid dienone is 4. The topological polar surface area (TPSA) is 8.17 Å². The van der Waals surface area contributed by atoms with Crippen molar-refractivity contribution < 1.29 is 0 Å². The van der Waals surface area contributed by atoms with E-state index in [0.29, 0.717) is 0 Å². The molecular weight excluding hydrogens is 725 g/mol. The first-order chi connectivity index (χ1) is 29.4. The Hall–Kier alpha value is -7.16. The number of anilines is 3. The van der Waals surface area contributed by atoms with Crippen molar-refractivity contribution in [3.05, 3.63) is 217 Å². The average molecular weight is 771 g/mol. The normalized spacial score (nSPS) is 13.9. The van der Waals surface area contributed by atoms with Crippen LogP contribution in [0.25, 0.3) is 71.8 Å². The van der Waals surface area contributed by atoms with Gasteiger partial charge >= 0.3 is 0 Å². The first-order valence-corrected chi connectivity index (χ1v) is 21.2. The monoisotopic (exact) mass is 770 g/mol. The number of hydrogen-bond donors (Lipinski definition) is 0. The van der Waals surface area contributed by atoms with Crippen LogP contribution in [0, 0.1) is 0 Å². The van der Waals surface area contributed by atoms with Crippen LogP contribution in [0.4, 0.5) is 17.1 Å². The lowest BCUT2D eigenvalue weighted by Gasteiger charge is -2.28. The Morgan fingerprint density at radius 2 is 1.12 bits per heavy atom. The molecule has 8 aromatic carbocycles. The van der Waals surface area contributed by atoms with Gasteiger partial charge in [-0.25, -0.2) is 0 Å². The maximum Gasteiger partial charge on any atom is 0.0527 e. The fourth-order valence-corrected chi connectivity index (χ4v) is 10.0. The summed E-state index contributed by atoms with van der Waals surface area (Å²) in [6.07, 6.45) is 8.91. The van der Waals surface area contributed by atoms with Gasteiger partial charge in [0.25, 0.3) is 0 Å². The minimum atomic E-state index is -0.0933. The maximum absolute atomic E-state index is 2.42. The molecule has 9 aromatic rings. The van der Waals surface area contributed by atoms with Gasteiger partial charge in [0.1, 0.15) is 0 Å². The molecule has 11 rings (SSSR count). The number of rotatable bonds is 7. The van der Waals surface area contributed by atoms with Crippen molar-refractivity contribution >= 4 is 44.3 Å². The number of aromatic nitrogens is 1. The molecule has 0 amide bonds. The Kier molecular flexibility index (Phi) is 8.56. The third-order valence-electron chi connectivity index (χ3n) is 13.1. The van der Waals surface area contributed by atoms with Crippen molar-refractivity contribution in [2.45, 2.75) is 32.1 Å². The fraction of sp³-hybridized carbons (Fsp3) is 0.103.